The molecule has 0 unspecified atom stereocenters. The summed E-state index contributed by atoms with van der Waals surface area (Å²) < 4.78 is 77.5. The van der Waals surface area contributed by atoms with Crippen molar-refractivity contribution in [1.82, 2.24) is 5.32 Å². The fraction of sp³-hybridized carbons (Fsp3) is 0.917. The number of halogens is 3. The van der Waals surface area contributed by atoms with Gasteiger partial charge in [0.25, 0.3) is 0 Å². The molecule has 0 aromatic carbocycles. The monoisotopic (exact) mass is 756 g/mol. The molecule has 0 bridgehead atoms. The highest BCUT2D eigenvalue weighted by molar-refractivity contribution is 5.74. The Kier molecular flexibility index (Phi) is 13.4. The second-order valence-electron chi connectivity index (χ2n) is 11.6. The van der Waals surface area contributed by atoms with E-state index in [1.807, 2.05) is 0 Å². The quantitative estimate of drug-likeness (QED) is 0.0381. The Morgan fingerprint density at radius 3 is 1.67 bits per heavy atom. The zero-order valence-electron chi connectivity index (χ0n) is 25.5. The number of hydrogen-bond acceptors (Lipinski definition) is 20. The number of carboxylic acid groups (broad SMARTS) is 2. The fourth-order valence-electron chi connectivity index (χ4n) is 5.80. The molecule has 0 aromatic rings. The van der Waals surface area contributed by atoms with Crippen LogP contribution in [0.4, 0.5) is 13.2 Å². The lowest BCUT2D eigenvalue weighted by atomic mass is 9.94. The highest BCUT2D eigenvalue weighted by Gasteiger charge is 2.58. The zero-order chi connectivity index (χ0) is 38.1. The molecular weight excluding hydrogens is 721 g/mol. The number of hydrogen-bond donors (Lipinski definition) is 12. The van der Waals surface area contributed by atoms with E-state index in [9.17, 15) is 78.9 Å². The minimum atomic E-state index is -5.38. The van der Waals surface area contributed by atoms with Crippen LogP contribution in [0.5, 0.6) is 0 Å². The first-order valence-corrected chi connectivity index (χ1v) is 14.8. The molecule has 292 valence electrons. The van der Waals surface area contributed by atoms with E-state index in [0.717, 1.165) is 5.32 Å². The zero-order valence-corrected chi connectivity index (χ0v) is 25.5. The predicted octanol–water partition coefficient (Wildman–Crippen LogP) is -6.49. The first kappa shape index (κ1) is 41.1. The van der Waals surface area contributed by atoms with Crippen LogP contribution >= 0.6 is 0 Å². The third-order valence-corrected chi connectivity index (χ3v) is 8.31. The molecule has 27 heteroatoms. The molecule has 4 aliphatic rings. The summed E-state index contributed by atoms with van der Waals surface area (Å²) in [5, 5.41) is 116. The van der Waals surface area contributed by atoms with E-state index in [2.05, 4.69) is 10.0 Å². The molecule has 4 rings (SSSR count). The van der Waals surface area contributed by atoms with E-state index in [1.54, 1.807) is 0 Å². The lowest BCUT2D eigenvalue weighted by molar-refractivity contribution is -0.369. The molecular formula is C24H35F3N4O20. The van der Waals surface area contributed by atoms with Gasteiger partial charge < -0.3 is 89.3 Å². The second-order valence-corrected chi connectivity index (χ2v) is 11.6. The summed E-state index contributed by atoms with van der Waals surface area (Å²) in [6.45, 7) is -2.09. The average Bonchev–Trinajstić information content (AvgIpc) is 3.35. The van der Waals surface area contributed by atoms with E-state index < -0.39 is 148 Å². The van der Waals surface area contributed by atoms with Gasteiger partial charge in [-0.2, -0.15) is 13.2 Å². The fourth-order valence-corrected chi connectivity index (χ4v) is 5.80. The number of carbonyl (C=O) groups is 2. The van der Waals surface area contributed by atoms with Gasteiger partial charge in [0, 0.05) is 4.91 Å². The first-order chi connectivity index (χ1) is 23.8. The van der Waals surface area contributed by atoms with E-state index in [0.29, 0.717) is 0 Å². The molecule has 0 radical (unpaired) electrons. The van der Waals surface area contributed by atoms with Gasteiger partial charge >= 0.3 is 18.2 Å². The van der Waals surface area contributed by atoms with Crippen LogP contribution in [0, 0.1) is 0 Å². The van der Waals surface area contributed by atoms with Crippen molar-refractivity contribution in [2.75, 3.05) is 13.2 Å². The smallest absolute Gasteiger partial charge is 0.457 e. The van der Waals surface area contributed by atoms with Crippen LogP contribution in [0.15, 0.2) is 5.11 Å². The number of rotatable bonds is 12. The summed E-state index contributed by atoms with van der Waals surface area (Å²) in [4.78, 5) is 26.1. The van der Waals surface area contributed by atoms with Crippen LogP contribution in [0.2, 0.25) is 0 Å². The van der Waals surface area contributed by atoms with Crippen molar-refractivity contribution in [2.24, 2.45) is 5.11 Å². The maximum absolute atomic E-state index is 13.7. The predicted molar refractivity (Wildman–Crippen MR) is 143 cm³/mol. The number of azide groups is 1. The van der Waals surface area contributed by atoms with Gasteiger partial charge in [-0.25, -0.2) is 14.9 Å². The van der Waals surface area contributed by atoms with Gasteiger partial charge in [0.1, 0.15) is 73.2 Å². The van der Waals surface area contributed by atoms with E-state index >= 15 is 0 Å². The summed E-state index contributed by atoms with van der Waals surface area (Å²) >= 11 is 0. The normalized spacial score (nSPS) is 46.3. The van der Waals surface area contributed by atoms with E-state index in [4.69, 9.17) is 38.7 Å². The van der Waals surface area contributed by atoms with Crippen molar-refractivity contribution in [3.63, 3.8) is 0 Å². The molecule has 0 aliphatic carbocycles. The minimum Gasteiger partial charge on any atom is -0.479 e. The van der Waals surface area contributed by atoms with Crippen molar-refractivity contribution in [3.8, 4) is 0 Å². The number of aliphatic carboxylic acids is 2. The number of carboxylic acids is 2. The molecule has 51 heavy (non-hydrogen) atoms. The Hall–Kier alpha value is -2.64. The highest BCUT2D eigenvalue weighted by atomic mass is 19.4. The van der Waals surface area contributed by atoms with E-state index in [1.165, 1.54) is 0 Å². The molecule has 4 heterocycles. The van der Waals surface area contributed by atoms with Gasteiger partial charge in [0.15, 0.2) is 37.3 Å². The van der Waals surface area contributed by atoms with Crippen molar-refractivity contribution < 1.29 is 112 Å². The van der Waals surface area contributed by atoms with Gasteiger partial charge in [0.2, 0.25) is 0 Å². The second kappa shape index (κ2) is 16.6. The lowest BCUT2D eigenvalue weighted by Gasteiger charge is -2.49. The Bertz CT molecular complexity index is 1270. The number of nitrogens with zero attached hydrogens (tertiary/aromatic N) is 3. The number of aliphatic hydroxyl groups is 9. The SMILES string of the molecule is [N-]=[N+]=N[C@H]1O[C@H](CO)[C@@H](O[C@@H]2O[C@H](C(=O)O)[C@@H](O[C@H]3O[C@H](CO)[C@@H](O[C@@H]4O[C@H](C(=O)O)[C@@H](O)[C@H](O)[C@H]4O)[C@H](O)[C@H]3NC(F)(F)F)[C@H](O)[C@H]2O)[C@@H]1O. The van der Waals surface area contributed by atoms with Crippen molar-refractivity contribution >= 4 is 11.9 Å². The summed E-state index contributed by atoms with van der Waals surface area (Å²) in [5.41, 5.74) is 8.64. The van der Waals surface area contributed by atoms with Gasteiger partial charge in [-0.15, -0.1) is 0 Å². The Labute approximate surface area is 281 Å². The van der Waals surface area contributed by atoms with Gasteiger partial charge in [-0.05, 0) is 5.53 Å². The standard InChI is InChI=1S/C24H35F3N4O20/c25-24(26,27)29-5-6(34)13(47-22-10(38)7(35)8(36)16(50-22)19(41)42)4(2-33)46-21(5)49-15-9(37)11(39)23(51-17(15)20(43)44)48-14-3(1-32)45-18(12(14)40)30-31-28/h3-18,21-23,29,32-40H,1-2H2,(H,41,42)(H,43,44)/t3-,4-,5-,6-,7+,8+,9-,10-,11-,12+,13-,14-,15+,16+,17+,18+,21-,22-,23-/m1/s1. The number of nitrogens with one attached hydrogen (secondary N) is 1. The van der Waals surface area contributed by atoms with Gasteiger partial charge in [0.05, 0.1) is 19.3 Å². The first-order valence-electron chi connectivity index (χ1n) is 14.8. The number of ether oxygens (including phenoxy) is 7. The molecule has 4 saturated heterocycles. The van der Waals surface area contributed by atoms with Gasteiger partial charge in [-0.3, -0.25) is 0 Å². The summed E-state index contributed by atoms with van der Waals surface area (Å²) in [6, 6.07) is -2.56. The maximum Gasteiger partial charge on any atom is 0.457 e. The number of aliphatic hydroxyl groups excluding tert-OH is 9. The lowest BCUT2D eigenvalue weighted by Crippen LogP contribution is -2.70. The van der Waals surface area contributed by atoms with Crippen LogP contribution in [0.1, 0.15) is 0 Å². The molecule has 4 fully saturated rings. The molecule has 0 spiro atoms. The average molecular weight is 757 g/mol. The molecule has 24 nitrogen and oxygen atoms in total. The third kappa shape index (κ3) is 8.78. The van der Waals surface area contributed by atoms with Crippen molar-refractivity contribution in [2.45, 2.75) is 123 Å². The van der Waals surface area contributed by atoms with Crippen molar-refractivity contribution in [3.05, 3.63) is 10.4 Å². The molecule has 0 aromatic heterocycles. The van der Waals surface area contributed by atoms with E-state index in [-0.39, 0.29) is 0 Å². The van der Waals surface area contributed by atoms with Crippen LogP contribution in [0.25, 0.3) is 10.4 Å². The molecule has 19 atom stereocenters. The minimum absolute atomic E-state index is 0.862. The number of alkyl halides is 3. The topological polar surface area (TPSA) is 382 Å². The molecule has 0 saturated carbocycles. The Morgan fingerprint density at radius 2 is 1.16 bits per heavy atom. The van der Waals surface area contributed by atoms with Crippen molar-refractivity contribution in [1.29, 1.82) is 0 Å². The summed E-state index contributed by atoms with van der Waals surface area (Å²) in [6.07, 6.45) is -44.0. The van der Waals surface area contributed by atoms with Crippen LogP contribution in [-0.4, -0.2) is 204 Å². The summed E-state index contributed by atoms with van der Waals surface area (Å²) in [5.74, 6) is -3.83. The highest BCUT2D eigenvalue weighted by Crippen LogP contribution is 2.35. The summed E-state index contributed by atoms with van der Waals surface area (Å²) in [7, 11) is 0. The Balaban J connectivity index is 1.57. The van der Waals surface area contributed by atoms with Crippen LogP contribution < -0.4 is 5.32 Å². The maximum atomic E-state index is 13.7. The molecule has 4 aliphatic heterocycles. The molecule has 0 amide bonds. The Morgan fingerprint density at radius 1 is 0.667 bits per heavy atom. The van der Waals surface area contributed by atoms with Gasteiger partial charge in [-0.1, -0.05) is 5.11 Å². The largest absolute Gasteiger partial charge is 0.479 e. The van der Waals surface area contributed by atoms with Crippen LogP contribution in [-0.2, 0) is 42.7 Å². The third-order valence-electron chi connectivity index (χ3n) is 8.31. The molecule has 12 N–H and O–H groups in total. The van der Waals surface area contributed by atoms with Crippen LogP contribution in [0.3, 0.4) is 0 Å².